The first kappa shape index (κ1) is 33.2. The maximum Gasteiger partial charge on any atom is 0.143 e. The van der Waals surface area contributed by atoms with Crippen molar-refractivity contribution in [1.29, 1.82) is 0 Å². The Labute approximate surface area is 339 Å². The maximum atomic E-state index is 6.78. The van der Waals surface area contributed by atoms with Crippen molar-refractivity contribution in [2.24, 2.45) is 0 Å². The van der Waals surface area contributed by atoms with Crippen molar-refractivity contribution in [3.8, 4) is 56.2 Å². The number of fused-ring (bicyclic) bond motifs is 11. The molecule has 0 saturated carbocycles. The molecule has 8 aromatic carbocycles. The average Bonchev–Trinajstić information content (AvgIpc) is 3.71. The molecule has 12 aromatic rings. The monoisotopic (exact) mass is 751 g/mol. The first-order valence-corrected chi connectivity index (χ1v) is 19.9. The number of aromatic nitrogens is 3. The molecule has 0 radical (unpaired) electrons. The van der Waals surface area contributed by atoms with E-state index >= 15 is 0 Å². The smallest absolute Gasteiger partial charge is 0.143 e. The molecule has 0 N–H and O–H groups in total. The summed E-state index contributed by atoms with van der Waals surface area (Å²) in [4.78, 5) is 14.2. The molecule has 0 aliphatic rings. The normalized spacial score (nSPS) is 11.7. The Morgan fingerprint density at radius 2 is 0.847 bits per heavy atom. The molecule has 4 aromatic heterocycles. The summed E-state index contributed by atoms with van der Waals surface area (Å²) in [6, 6.07) is 66.7. The molecule has 4 heterocycles. The van der Waals surface area contributed by atoms with Gasteiger partial charge in [0, 0.05) is 28.6 Å². The number of hydrogen-bond donors (Lipinski definition) is 0. The Balaban J connectivity index is 1.02. The summed E-state index contributed by atoms with van der Waals surface area (Å²) in [5, 5.41) is 12.1. The van der Waals surface area contributed by atoms with Crippen molar-refractivity contribution in [3.63, 3.8) is 0 Å². The van der Waals surface area contributed by atoms with Gasteiger partial charge in [0.15, 0.2) is 0 Å². The van der Waals surface area contributed by atoms with Crippen LogP contribution >= 0.6 is 0 Å². The molecular weight excluding hydrogens is 719 g/mol. The highest BCUT2D eigenvalue weighted by molar-refractivity contribution is 6.27. The summed E-state index contributed by atoms with van der Waals surface area (Å²) in [5.74, 6) is 0. The third kappa shape index (κ3) is 5.42. The van der Waals surface area contributed by atoms with Crippen LogP contribution in [0, 0.1) is 0 Å². The van der Waals surface area contributed by atoms with Crippen LogP contribution in [0.15, 0.2) is 205 Å². The van der Waals surface area contributed by atoms with Crippen LogP contribution in [0.3, 0.4) is 0 Å². The molecule has 0 atom stereocenters. The molecule has 0 amide bonds. The Hall–Kier alpha value is -7.95. The van der Waals surface area contributed by atoms with Crippen LogP contribution in [0.1, 0.15) is 0 Å². The molecule has 0 aliphatic heterocycles. The van der Waals surface area contributed by atoms with Crippen LogP contribution in [0.2, 0.25) is 0 Å². The predicted molar refractivity (Wildman–Crippen MR) is 244 cm³/mol. The van der Waals surface area contributed by atoms with E-state index in [4.69, 9.17) is 9.40 Å². The van der Waals surface area contributed by atoms with Crippen LogP contribution in [-0.2, 0) is 0 Å². The van der Waals surface area contributed by atoms with Crippen LogP contribution in [-0.4, -0.2) is 15.0 Å². The molecule has 0 bridgehead atoms. The lowest BCUT2D eigenvalue weighted by molar-refractivity contribution is 0.673. The van der Waals surface area contributed by atoms with Gasteiger partial charge in [0.05, 0.1) is 22.8 Å². The number of nitrogens with zero attached hydrogens (tertiary/aromatic N) is 3. The lowest BCUT2D eigenvalue weighted by Crippen LogP contribution is -1.94. The van der Waals surface area contributed by atoms with Crippen molar-refractivity contribution in [2.75, 3.05) is 0 Å². The van der Waals surface area contributed by atoms with E-state index in [2.05, 4.69) is 162 Å². The second kappa shape index (κ2) is 13.3. The third-order valence-corrected chi connectivity index (χ3v) is 11.8. The molecule has 59 heavy (non-hydrogen) atoms. The van der Waals surface area contributed by atoms with Gasteiger partial charge in [-0.05, 0) is 126 Å². The van der Waals surface area contributed by atoms with E-state index in [9.17, 15) is 0 Å². The maximum absolute atomic E-state index is 6.78. The van der Waals surface area contributed by atoms with E-state index in [-0.39, 0.29) is 0 Å². The van der Waals surface area contributed by atoms with Crippen molar-refractivity contribution in [3.05, 3.63) is 200 Å². The molecular formula is C55H33N3O. The number of hydrogen-bond acceptors (Lipinski definition) is 4. The van der Waals surface area contributed by atoms with Gasteiger partial charge in [-0.15, -0.1) is 0 Å². The van der Waals surface area contributed by atoms with Gasteiger partial charge in [0.2, 0.25) is 0 Å². The molecule has 0 aliphatic carbocycles. The van der Waals surface area contributed by atoms with Crippen LogP contribution in [0.25, 0.3) is 121 Å². The topological polar surface area (TPSA) is 51.8 Å². The third-order valence-electron chi connectivity index (χ3n) is 11.8. The van der Waals surface area contributed by atoms with Crippen LogP contribution in [0.4, 0.5) is 0 Å². The summed E-state index contributed by atoms with van der Waals surface area (Å²) >= 11 is 0. The molecule has 4 heteroatoms. The van der Waals surface area contributed by atoms with Crippen molar-refractivity contribution >= 4 is 65.0 Å². The van der Waals surface area contributed by atoms with Gasteiger partial charge in [-0.2, -0.15) is 0 Å². The van der Waals surface area contributed by atoms with E-state index in [1.807, 2.05) is 36.4 Å². The molecule has 274 valence electrons. The molecule has 0 fully saturated rings. The zero-order chi connectivity index (χ0) is 38.9. The van der Waals surface area contributed by atoms with Crippen molar-refractivity contribution in [1.82, 2.24) is 15.0 Å². The van der Waals surface area contributed by atoms with E-state index in [0.717, 1.165) is 72.4 Å². The average molecular weight is 752 g/mol. The van der Waals surface area contributed by atoms with Gasteiger partial charge in [-0.3, -0.25) is 9.97 Å². The fourth-order valence-corrected chi connectivity index (χ4v) is 9.03. The second-order valence-electron chi connectivity index (χ2n) is 15.1. The van der Waals surface area contributed by atoms with E-state index in [0.29, 0.717) is 0 Å². The van der Waals surface area contributed by atoms with Crippen molar-refractivity contribution < 1.29 is 4.42 Å². The van der Waals surface area contributed by atoms with Gasteiger partial charge >= 0.3 is 0 Å². The Morgan fingerprint density at radius 3 is 1.47 bits per heavy atom. The standard InChI is InChI=1S/C55H33N3O/c1-2-14-41-39(12-1)40-13-3-4-15-42(40)47-30-36(26-27-44(41)47)46-33-48-54-38(18-11-21-53(54)59-55(48)45-17-6-5-16-43(45)46)35-24-22-34(23-25-35)37-31-51(49-19-7-9-28-56-49)58-52(32-37)50-20-8-10-29-57-50/h1-33H. The Bertz CT molecular complexity index is 3500. The molecule has 4 nitrogen and oxygen atoms in total. The highest BCUT2D eigenvalue weighted by Gasteiger charge is 2.19. The van der Waals surface area contributed by atoms with Gasteiger partial charge < -0.3 is 4.42 Å². The fourth-order valence-electron chi connectivity index (χ4n) is 9.03. The molecule has 0 saturated heterocycles. The minimum Gasteiger partial charge on any atom is -0.455 e. The fraction of sp³-hybridized carbons (Fsp3) is 0. The SMILES string of the molecule is c1ccc(-c2cc(-c3ccc(-c4cccc5oc6c7ccccc7c(-c7ccc8c9ccccc9c9ccccc9c8c7)cc6c45)cc3)cc(-c3ccccn3)n2)nc1. The molecule has 12 rings (SSSR count). The van der Waals surface area contributed by atoms with Crippen LogP contribution in [0.5, 0.6) is 0 Å². The van der Waals surface area contributed by atoms with E-state index in [1.54, 1.807) is 12.4 Å². The minimum absolute atomic E-state index is 0.804. The summed E-state index contributed by atoms with van der Waals surface area (Å²) in [7, 11) is 0. The summed E-state index contributed by atoms with van der Waals surface area (Å²) in [5.41, 5.74) is 11.8. The summed E-state index contributed by atoms with van der Waals surface area (Å²) in [6.45, 7) is 0. The highest BCUT2D eigenvalue weighted by Crippen LogP contribution is 2.45. The summed E-state index contributed by atoms with van der Waals surface area (Å²) in [6.07, 6.45) is 3.60. The van der Waals surface area contributed by atoms with Crippen molar-refractivity contribution in [2.45, 2.75) is 0 Å². The van der Waals surface area contributed by atoms with Gasteiger partial charge in [-0.1, -0.05) is 133 Å². The lowest BCUT2D eigenvalue weighted by Gasteiger charge is -2.13. The molecule has 0 unspecified atom stereocenters. The zero-order valence-electron chi connectivity index (χ0n) is 31.8. The second-order valence-corrected chi connectivity index (χ2v) is 15.1. The first-order chi connectivity index (χ1) is 29.2. The van der Waals surface area contributed by atoms with Gasteiger partial charge in [-0.25, -0.2) is 4.98 Å². The number of pyridine rings is 3. The summed E-state index contributed by atoms with van der Waals surface area (Å²) < 4.78 is 6.78. The predicted octanol–water partition coefficient (Wildman–Crippen LogP) is 14.7. The van der Waals surface area contributed by atoms with Crippen LogP contribution < -0.4 is 0 Å². The van der Waals surface area contributed by atoms with E-state index in [1.165, 1.54) is 48.8 Å². The number of furan rings is 1. The Kier molecular flexibility index (Phi) is 7.50. The number of rotatable bonds is 5. The van der Waals surface area contributed by atoms with Gasteiger partial charge in [0.1, 0.15) is 11.2 Å². The number of benzene rings is 8. The van der Waals surface area contributed by atoms with Gasteiger partial charge in [0.25, 0.3) is 0 Å². The van der Waals surface area contributed by atoms with E-state index < -0.39 is 0 Å². The largest absolute Gasteiger partial charge is 0.455 e. The quantitative estimate of drug-likeness (QED) is 0.164. The minimum atomic E-state index is 0.804. The Morgan fingerprint density at radius 1 is 0.305 bits per heavy atom. The first-order valence-electron chi connectivity index (χ1n) is 19.9. The highest BCUT2D eigenvalue weighted by atomic mass is 16.3. The zero-order valence-corrected chi connectivity index (χ0v) is 31.8. The molecule has 0 spiro atoms. The lowest BCUT2D eigenvalue weighted by atomic mass is 9.89.